The van der Waals surface area contributed by atoms with Crippen molar-refractivity contribution in [3.05, 3.63) is 59.7 Å². The highest BCUT2D eigenvalue weighted by Gasteiger charge is 2.28. The Hall–Kier alpha value is -2.33. The van der Waals surface area contributed by atoms with Crippen LogP contribution >= 0.6 is 0 Å². The molecule has 0 spiro atoms. The Morgan fingerprint density at radius 1 is 1.24 bits per heavy atom. The van der Waals surface area contributed by atoms with Crippen molar-refractivity contribution < 1.29 is 9.53 Å². The smallest absolute Gasteiger partial charge is 0.265 e. The standard InChI is InChI=1S/C17H18N2O2/c1-18-11-12-5-4-7-14(9-12)19-17(20)16-10-13-6-2-3-8-15(13)21-16/h2-9,16,18H,10-11H2,1H3,(H,19,20). The van der Waals surface area contributed by atoms with Crippen molar-refractivity contribution in [2.75, 3.05) is 12.4 Å². The van der Waals surface area contributed by atoms with Gasteiger partial charge in [0.15, 0.2) is 6.10 Å². The lowest BCUT2D eigenvalue weighted by Crippen LogP contribution is -2.31. The van der Waals surface area contributed by atoms with Crippen LogP contribution in [0.2, 0.25) is 0 Å². The zero-order valence-electron chi connectivity index (χ0n) is 11.9. The largest absolute Gasteiger partial charge is 0.480 e. The van der Waals surface area contributed by atoms with Gasteiger partial charge >= 0.3 is 0 Å². The summed E-state index contributed by atoms with van der Waals surface area (Å²) in [6.07, 6.45) is 0.174. The predicted molar refractivity (Wildman–Crippen MR) is 82.4 cm³/mol. The number of para-hydroxylation sites is 1. The third-order valence-electron chi connectivity index (χ3n) is 3.51. The third-order valence-corrected chi connectivity index (χ3v) is 3.51. The summed E-state index contributed by atoms with van der Waals surface area (Å²) in [7, 11) is 1.90. The predicted octanol–water partition coefficient (Wildman–Crippen LogP) is 2.35. The summed E-state index contributed by atoms with van der Waals surface area (Å²) in [5.41, 5.74) is 3.01. The van der Waals surface area contributed by atoms with Crippen molar-refractivity contribution in [3.8, 4) is 5.75 Å². The first-order valence-electron chi connectivity index (χ1n) is 7.05. The number of carbonyl (C=O) groups excluding carboxylic acids is 1. The Morgan fingerprint density at radius 3 is 2.90 bits per heavy atom. The number of ether oxygens (including phenoxy) is 1. The highest BCUT2D eigenvalue weighted by molar-refractivity contribution is 5.95. The number of hydrogen-bond donors (Lipinski definition) is 2. The van der Waals surface area contributed by atoms with E-state index in [4.69, 9.17) is 4.74 Å². The molecule has 1 amide bonds. The molecule has 1 atom stereocenters. The lowest BCUT2D eigenvalue weighted by atomic mass is 10.1. The Balaban J connectivity index is 1.66. The summed E-state index contributed by atoms with van der Waals surface area (Å²) in [6.45, 7) is 0.773. The maximum atomic E-state index is 12.3. The van der Waals surface area contributed by atoms with Gasteiger partial charge in [-0.2, -0.15) is 0 Å². The molecule has 1 unspecified atom stereocenters. The highest BCUT2D eigenvalue weighted by atomic mass is 16.5. The number of fused-ring (bicyclic) bond motifs is 1. The van der Waals surface area contributed by atoms with Crippen LogP contribution in [0, 0.1) is 0 Å². The SMILES string of the molecule is CNCc1cccc(NC(=O)C2Cc3ccccc3O2)c1. The zero-order valence-corrected chi connectivity index (χ0v) is 11.9. The highest BCUT2D eigenvalue weighted by Crippen LogP contribution is 2.28. The van der Waals surface area contributed by atoms with Crippen LogP contribution in [0.15, 0.2) is 48.5 Å². The second kappa shape index (κ2) is 5.97. The van der Waals surface area contributed by atoms with Crippen LogP contribution in [0.5, 0.6) is 5.75 Å². The van der Waals surface area contributed by atoms with Crippen molar-refractivity contribution in [1.29, 1.82) is 0 Å². The molecule has 0 bridgehead atoms. The number of hydrogen-bond acceptors (Lipinski definition) is 3. The second-order valence-corrected chi connectivity index (χ2v) is 5.14. The van der Waals surface area contributed by atoms with E-state index in [0.717, 1.165) is 29.1 Å². The molecule has 0 saturated carbocycles. The van der Waals surface area contributed by atoms with Gasteiger partial charge in [0.2, 0.25) is 0 Å². The fourth-order valence-electron chi connectivity index (χ4n) is 2.51. The van der Waals surface area contributed by atoms with Crippen molar-refractivity contribution in [1.82, 2.24) is 5.32 Å². The number of amides is 1. The van der Waals surface area contributed by atoms with Crippen LogP contribution in [0.3, 0.4) is 0 Å². The van der Waals surface area contributed by atoms with Gasteiger partial charge in [-0.3, -0.25) is 4.79 Å². The van der Waals surface area contributed by atoms with Crippen molar-refractivity contribution >= 4 is 11.6 Å². The van der Waals surface area contributed by atoms with E-state index >= 15 is 0 Å². The molecule has 1 heterocycles. The molecule has 2 aromatic rings. The summed E-state index contributed by atoms with van der Waals surface area (Å²) in [6, 6.07) is 15.6. The van der Waals surface area contributed by atoms with Crippen LogP contribution in [-0.2, 0) is 17.8 Å². The minimum absolute atomic E-state index is 0.104. The summed E-state index contributed by atoms with van der Waals surface area (Å²) < 4.78 is 5.69. The van der Waals surface area contributed by atoms with Crippen molar-refractivity contribution in [3.63, 3.8) is 0 Å². The zero-order chi connectivity index (χ0) is 14.7. The number of benzene rings is 2. The Labute approximate surface area is 124 Å². The van der Waals surface area contributed by atoms with Gasteiger partial charge in [-0.25, -0.2) is 0 Å². The average molecular weight is 282 g/mol. The first-order chi connectivity index (χ1) is 10.3. The van der Waals surface area contributed by atoms with Gasteiger partial charge in [0.25, 0.3) is 5.91 Å². The molecular weight excluding hydrogens is 264 g/mol. The Kier molecular flexibility index (Phi) is 3.88. The molecule has 3 rings (SSSR count). The average Bonchev–Trinajstić information content (AvgIpc) is 2.92. The van der Waals surface area contributed by atoms with E-state index in [9.17, 15) is 4.79 Å². The summed E-state index contributed by atoms with van der Waals surface area (Å²) in [5.74, 6) is 0.703. The van der Waals surface area contributed by atoms with Crippen LogP contribution in [0.4, 0.5) is 5.69 Å². The molecule has 4 heteroatoms. The summed E-state index contributed by atoms with van der Waals surface area (Å²) in [5, 5.41) is 6.02. The molecule has 2 aromatic carbocycles. The molecule has 4 nitrogen and oxygen atoms in total. The van der Waals surface area contributed by atoms with Crippen LogP contribution in [0.25, 0.3) is 0 Å². The number of anilines is 1. The second-order valence-electron chi connectivity index (χ2n) is 5.14. The Morgan fingerprint density at radius 2 is 2.10 bits per heavy atom. The summed E-state index contributed by atoms with van der Waals surface area (Å²) >= 11 is 0. The Bertz CT molecular complexity index is 630. The maximum absolute atomic E-state index is 12.3. The number of carbonyl (C=O) groups is 1. The van der Waals surface area contributed by atoms with Crippen LogP contribution in [0.1, 0.15) is 11.1 Å². The van der Waals surface area contributed by atoms with Crippen LogP contribution < -0.4 is 15.4 Å². The fraction of sp³-hybridized carbons (Fsp3) is 0.235. The van der Waals surface area contributed by atoms with Gasteiger partial charge in [-0.1, -0.05) is 30.3 Å². The first-order valence-corrected chi connectivity index (χ1v) is 7.05. The van der Waals surface area contributed by atoms with Gasteiger partial charge in [-0.15, -0.1) is 0 Å². The lowest BCUT2D eigenvalue weighted by Gasteiger charge is -2.12. The maximum Gasteiger partial charge on any atom is 0.265 e. The molecule has 21 heavy (non-hydrogen) atoms. The molecule has 0 aliphatic carbocycles. The van der Waals surface area contributed by atoms with Gasteiger partial charge in [-0.05, 0) is 36.4 Å². The third kappa shape index (κ3) is 3.06. The van der Waals surface area contributed by atoms with Gasteiger partial charge in [0, 0.05) is 18.7 Å². The monoisotopic (exact) mass is 282 g/mol. The molecule has 1 aliphatic rings. The molecule has 0 fully saturated rings. The van der Waals surface area contributed by atoms with Crippen LogP contribution in [-0.4, -0.2) is 19.1 Å². The summed E-state index contributed by atoms with van der Waals surface area (Å²) in [4.78, 5) is 12.3. The van der Waals surface area contributed by atoms with E-state index in [2.05, 4.69) is 10.6 Å². The van der Waals surface area contributed by atoms with E-state index < -0.39 is 6.10 Å². The van der Waals surface area contributed by atoms with E-state index in [1.54, 1.807) is 0 Å². The molecule has 0 saturated heterocycles. The van der Waals surface area contributed by atoms with Gasteiger partial charge in [0.05, 0.1) is 0 Å². The fourth-order valence-corrected chi connectivity index (χ4v) is 2.51. The van der Waals surface area contributed by atoms with E-state index in [1.165, 1.54) is 0 Å². The quantitative estimate of drug-likeness (QED) is 0.905. The molecule has 0 radical (unpaired) electrons. The van der Waals surface area contributed by atoms with Gasteiger partial charge < -0.3 is 15.4 Å². The number of nitrogens with one attached hydrogen (secondary N) is 2. The molecular formula is C17H18N2O2. The lowest BCUT2D eigenvalue weighted by molar-refractivity contribution is -0.122. The first kappa shape index (κ1) is 13.6. The van der Waals surface area contributed by atoms with E-state index in [1.807, 2.05) is 55.6 Å². The molecule has 1 aliphatic heterocycles. The van der Waals surface area contributed by atoms with Gasteiger partial charge in [0.1, 0.15) is 5.75 Å². The van der Waals surface area contributed by atoms with Crippen molar-refractivity contribution in [2.24, 2.45) is 0 Å². The number of rotatable bonds is 4. The minimum Gasteiger partial charge on any atom is -0.480 e. The minimum atomic E-state index is -0.449. The molecule has 0 aromatic heterocycles. The van der Waals surface area contributed by atoms with E-state index in [-0.39, 0.29) is 5.91 Å². The molecule has 108 valence electrons. The van der Waals surface area contributed by atoms with E-state index in [0.29, 0.717) is 6.42 Å². The normalized spacial score (nSPS) is 16.1. The topological polar surface area (TPSA) is 50.4 Å². The molecule has 2 N–H and O–H groups in total. The van der Waals surface area contributed by atoms with Crippen molar-refractivity contribution in [2.45, 2.75) is 19.1 Å².